The van der Waals surface area contributed by atoms with Gasteiger partial charge in [-0.25, -0.2) is 0 Å². The number of nitrogens with zero attached hydrogens (tertiary/aromatic N) is 1. The number of thiophene rings is 1. The van der Waals surface area contributed by atoms with Crippen molar-refractivity contribution in [1.29, 1.82) is 0 Å². The molecule has 100 valence electrons. The molecule has 1 aromatic heterocycles. The van der Waals surface area contributed by atoms with Crippen molar-refractivity contribution < 1.29 is 14.3 Å². The number of methoxy groups -OCH3 is 1. The first-order valence-electron chi connectivity index (χ1n) is 6.04. The van der Waals surface area contributed by atoms with Crippen LogP contribution >= 0.6 is 11.3 Å². The van der Waals surface area contributed by atoms with Crippen molar-refractivity contribution in [2.75, 3.05) is 20.2 Å². The summed E-state index contributed by atoms with van der Waals surface area (Å²) in [5.74, 6) is -0.205. The standard InChI is InChI=1S/C13H19NO3S/c1-3-7-14(8-6-13(16)17-2)12(15)10-11-5-4-9-18-11/h4-5,9H,3,6-8,10H2,1-2H3. The second-order valence-corrected chi connectivity index (χ2v) is 5.00. The molecule has 5 heteroatoms. The van der Waals surface area contributed by atoms with E-state index in [2.05, 4.69) is 4.74 Å². The molecule has 0 N–H and O–H groups in total. The maximum Gasteiger partial charge on any atom is 0.307 e. The summed E-state index contributed by atoms with van der Waals surface area (Å²) in [4.78, 5) is 26.0. The van der Waals surface area contributed by atoms with Gasteiger partial charge in [0.05, 0.1) is 20.0 Å². The van der Waals surface area contributed by atoms with Gasteiger partial charge in [-0.05, 0) is 17.9 Å². The largest absolute Gasteiger partial charge is 0.469 e. The van der Waals surface area contributed by atoms with Gasteiger partial charge in [0, 0.05) is 18.0 Å². The van der Waals surface area contributed by atoms with E-state index in [1.807, 2.05) is 24.4 Å². The molecule has 1 amide bonds. The maximum absolute atomic E-state index is 12.1. The summed E-state index contributed by atoms with van der Waals surface area (Å²) >= 11 is 1.58. The van der Waals surface area contributed by atoms with Crippen LogP contribution in [0.4, 0.5) is 0 Å². The Morgan fingerprint density at radius 3 is 2.72 bits per heavy atom. The Morgan fingerprint density at radius 1 is 1.39 bits per heavy atom. The molecule has 0 saturated heterocycles. The van der Waals surface area contributed by atoms with Crippen LogP contribution in [-0.2, 0) is 20.7 Å². The number of hydrogen-bond donors (Lipinski definition) is 0. The third-order valence-electron chi connectivity index (χ3n) is 2.57. The minimum Gasteiger partial charge on any atom is -0.469 e. The molecule has 0 aliphatic carbocycles. The summed E-state index contributed by atoms with van der Waals surface area (Å²) in [5, 5.41) is 1.96. The summed E-state index contributed by atoms with van der Waals surface area (Å²) < 4.78 is 4.59. The minimum atomic E-state index is -0.278. The number of carbonyl (C=O) groups excluding carboxylic acids is 2. The van der Waals surface area contributed by atoms with Gasteiger partial charge in [-0.3, -0.25) is 9.59 Å². The summed E-state index contributed by atoms with van der Waals surface area (Å²) in [6, 6.07) is 3.89. The molecule has 0 atom stereocenters. The van der Waals surface area contributed by atoms with Gasteiger partial charge in [0.2, 0.25) is 5.91 Å². The molecule has 0 bridgehead atoms. The van der Waals surface area contributed by atoms with Gasteiger partial charge in [0.1, 0.15) is 0 Å². The van der Waals surface area contributed by atoms with E-state index in [1.54, 1.807) is 16.2 Å². The molecule has 0 aliphatic heterocycles. The molecule has 1 rings (SSSR count). The Labute approximate surface area is 112 Å². The van der Waals surface area contributed by atoms with E-state index in [4.69, 9.17) is 0 Å². The third-order valence-corrected chi connectivity index (χ3v) is 3.44. The first-order valence-corrected chi connectivity index (χ1v) is 6.92. The van der Waals surface area contributed by atoms with Crippen molar-refractivity contribution in [3.8, 4) is 0 Å². The summed E-state index contributed by atoms with van der Waals surface area (Å²) in [7, 11) is 1.36. The highest BCUT2D eigenvalue weighted by molar-refractivity contribution is 7.10. The number of ether oxygens (including phenoxy) is 1. The number of hydrogen-bond acceptors (Lipinski definition) is 4. The molecular formula is C13H19NO3S. The lowest BCUT2D eigenvalue weighted by atomic mass is 10.2. The van der Waals surface area contributed by atoms with Gasteiger partial charge in [0.15, 0.2) is 0 Å². The van der Waals surface area contributed by atoms with Crippen LogP contribution in [0.1, 0.15) is 24.6 Å². The maximum atomic E-state index is 12.1. The second kappa shape index (κ2) is 7.87. The van der Waals surface area contributed by atoms with Crippen LogP contribution in [0.25, 0.3) is 0 Å². The monoisotopic (exact) mass is 269 g/mol. The van der Waals surface area contributed by atoms with Gasteiger partial charge in [-0.1, -0.05) is 13.0 Å². The fourth-order valence-electron chi connectivity index (χ4n) is 1.63. The van der Waals surface area contributed by atoms with Crippen LogP contribution in [-0.4, -0.2) is 37.0 Å². The SMILES string of the molecule is CCCN(CCC(=O)OC)C(=O)Cc1cccs1. The molecule has 0 aromatic carbocycles. The Kier molecular flexibility index (Phi) is 6.43. The van der Waals surface area contributed by atoms with Crippen molar-refractivity contribution in [2.24, 2.45) is 0 Å². The molecule has 4 nitrogen and oxygen atoms in total. The lowest BCUT2D eigenvalue weighted by molar-refractivity contribution is -0.141. The number of esters is 1. The van der Waals surface area contributed by atoms with E-state index in [0.29, 0.717) is 19.5 Å². The van der Waals surface area contributed by atoms with Crippen LogP contribution in [0, 0.1) is 0 Å². The number of carbonyl (C=O) groups is 2. The van der Waals surface area contributed by atoms with Crippen LogP contribution in [0.2, 0.25) is 0 Å². The van der Waals surface area contributed by atoms with Gasteiger partial charge in [-0.2, -0.15) is 0 Å². The van der Waals surface area contributed by atoms with Gasteiger partial charge in [0.25, 0.3) is 0 Å². The predicted molar refractivity (Wildman–Crippen MR) is 71.5 cm³/mol. The molecule has 18 heavy (non-hydrogen) atoms. The molecular weight excluding hydrogens is 250 g/mol. The topological polar surface area (TPSA) is 46.6 Å². The van der Waals surface area contributed by atoms with E-state index in [9.17, 15) is 9.59 Å². The Morgan fingerprint density at radius 2 is 2.17 bits per heavy atom. The molecule has 0 fully saturated rings. The van der Waals surface area contributed by atoms with Crippen LogP contribution in [0.3, 0.4) is 0 Å². The fraction of sp³-hybridized carbons (Fsp3) is 0.538. The van der Waals surface area contributed by atoms with E-state index in [-0.39, 0.29) is 18.3 Å². The molecule has 0 spiro atoms. The average Bonchev–Trinajstić information content (AvgIpc) is 2.86. The van der Waals surface area contributed by atoms with Gasteiger partial charge in [-0.15, -0.1) is 11.3 Å². The van der Waals surface area contributed by atoms with E-state index < -0.39 is 0 Å². The van der Waals surface area contributed by atoms with Crippen molar-refractivity contribution in [2.45, 2.75) is 26.2 Å². The van der Waals surface area contributed by atoms with E-state index >= 15 is 0 Å². The number of amides is 1. The highest BCUT2D eigenvalue weighted by Gasteiger charge is 2.15. The molecule has 0 unspecified atom stereocenters. The zero-order chi connectivity index (χ0) is 13.4. The van der Waals surface area contributed by atoms with Crippen molar-refractivity contribution >= 4 is 23.2 Å². The predicted octanol–water partition coefficient (Wildman–Crippen LogP) is 2.09. The zero-order valence-corrected chi connectivity index (χ0v) is 11.7. The number of rotatable bonds is 7. The quantitative estimate of drug-likeness (QED) is 0.712. The zero-order valence-electron chi connectivity index (χ0n) is 10.8. The van der Waals surface area contributed by atoms with Crippen molar-refractivity contribution in [1.82, 2.24) is 4.90 Å². The summed E-state index contributed by atoms with van der Waals surface area (Å²) in [5.41, 5.74) is 0. The second-order valence-electron chi connectivity index (χ2n) is 3.96. The normalized spacial score (nSPS) is 10.1. The Hall–Kier alpha value is -1.36. The summed E-state index contributed by atoms with van der Waals surface area (Å²) in [6.45, 7) is 3.13. The van der Waals surface area contributed by atoms with Gasteiger partial charge < -0.3 is 9.64 Å². The Bertz CT molecular complexity index is 376. The van der Waals surface area contributed by atoms with Crippen LogP contribution in [0.5, 0.6) is 0 Å². The fourth-order valence-corrected chi connectivity index (χ4v) is 2.33. The van der Waals surface area contributed by atoms with Crippen LogP contribution < -0.4 is 0 Å². The first-order chi connectivity index (χ1) is 8.67. The summed E-state index contributed by atoms with van der Waals surface area (Å²) in [6.07, 6.45) is 1.56. The lowest BCUT2D eigenvalue weighted by Crippen LogP contribution is -2.34. The lowest BCUT2D eigenvalue weighted by Gasteiger charge is -2.21. The van der Waals surface area contributed by atoms with Crippen molar-refractivity contribution in [3.63, 3.8) is 0 Å². The molecule has 1 aromatic rings. The molecule has 1 heterocycles. The smallest absolute Gasteiger partial charge is 0.307 e. The van der Waals surface area contributed by atoms with Crippen molar-refractivity contribution in [3.05, 3.63) is 22.4 Å². The molecule has 0 radical (unpaired) electrons. The molecule has 0 aliphatic rings. The Balaban J connectivity index is 2.49. The average molecular weight is 269 g/mol. The third kappa shape index (κ3) is 4.87. The van der Waals surface area contributed by atoms with Crippen LogP contribution in [0.15, 0.2) is 17.5 Å². The van der Waals surface area contributed by atoms with Gasteiger partial charge >= 0.3 is 5.97 Å². The van der Waals surface area contributed by atoms with E-state index in [0.717, 1.165) is 11.3 Å². The first kappa shape index (κ1) is 14.7. The molecule has 0 saturated carbocycles. The minimum absolute atomic E-state index is 0.0724. The highest BCUT2D eigenvalue weighted by Crippen LogP contribution is 2.11. The van der Waals surface area contributed by atoms with E-state index in [1.165, 1.54) is 7.11 Å². The highest BCUT2D eigenvalue weighted by atomic mass is 32.1.